The summed E-state index contributed by atoms with van der Waals surface area (Å²) >= 11 is 0. The number of carbonyl (C=O) groups is 2. The SMILES string of the molecule is CC(CCC(=O)O)CNC(=O)c1ccc2c(c1)OCO2. The molecule has 1 aliphatic rings. The normalized spacial score (nSPS) is 13.8. The summed E-state index contributed by atoms with van der Waals surface area (Å²) in [5.41, 5.74) is 0.500. The van der Waals surface area contributed by atoms with Crippen molar-refractivity contribution in [1.82, 2.24) is 5.32 Å². The Balaban J connectivity index is 1.84. The van der Waals surface area contributed by atoms with Crippen molar-refractivity contribution in [1.29, 1.82) is 0 Å². The second-order valence-corrected chi connectivity index (χ2v) is 4.82. The van der Waals surface area contributed by atoms with E-state index in [9.17, 15) is 9.59 Å². The van der Waals surface area contributed by atoms with E-state index >= 15 is 0 Å². The first-order chi connectivity index (χ1) is 9.56. The minimum absolute atomic E-state index is 0.112. The molecule has 0 bridgehead atoms. The van der Waals surface area contributed by atoms with Crippen LogP contribution in [0.1, 0.15) is 30.1 Å². The third-order valence-corrected chi connectivity index (χ3v) is 3.10. The van der Waals surface area contributed by atoms with E-state index in [4.69, 9.17) is 14.6 Å². The highest BCUT2D eigenvalue weighted by Gasteiger charge is 2.16. The molecule has 20 heavy (non-hydrogen) atoms. The van der Waals surface area contributed by atoms with Crippen LogP contribution in [-0.2, 0) is 4.79 Å². The molecule has 1 amide bonds. The van der Waals surface area contributed by atoms with Gasteiger partial charge in [0.2, 0.25) is 6.79 Å². The van der Waals surface area contributed by atoms with Crippen LogP contribution in [0.4, 0.5) is 0 Å². The number of benzene rings is 1. The van der Waals surface area contributed by atoms with Crippen LogP contribution >= 0.6 is 0 Å². The summed E-state index contributed by atoms with van der Waals surface area (Å²) in [5.74, 6) is 0.293. The molecular weight excluding hydrogens is 262 g/mol. The van der Waals surface area contributed by atoms with Gasteiger partial charge in [-0.25, -0.2) is 0 Å². The van der Waals surface area contributed by atoms with Crippen LogP contribution in [0.3, 0.4) is 0 Å². The lowest BCUT2D eigenvalue weighted by Crippen LogP contribution is -2.28. The molecule has 1 heterocycles. The first-order valence-corrected chi connectivity index (χ1v) is 6.46. The van der Waals surface area contributed by atoms with Gasteiger partial charge in [0.15, 0.2) is 11.5 Å². The Morgan fingerprint density at radius 2 is 2.10 bits per heavy atom. The van der Waals surface area contributed by atoms with Gasteiger partial charge in [-0.05, 0) is 30.5 Å². The number of hydrogen-bond acceptors (Lipinski definition) is 4. The van der Waals surface area contributed by atoms with Crippen molar-refractivity contribution in [3.05, 3.63) is 23.8 Å². The van der Waals surface area contributed by atoms with Crippen molar-refractivity contribution in [2.24, 2.45) is 5.92 Å². The zero-order valence-electron chi connectivity index (χ0n) is 11.2. The molecule has 1 aromatic rings. The summed E-state index contributed by atoms with van der Waals surface area (Å²) in [7, 11) is 0. The van der Waals surface area contributed by atoms with Gasteiger partial charge in [-0.3, -0.25) is 9.59 Å². The van der Waals surface area contributed by atoms with Crippen LogP contribution in [0, 0.1) is 5.92 Å². The molecule has 108 valence electrons. The maximum atomic E-state index is 12.0. The molecule has 1 atom stereocenters. The molecule has 0 saturated heterocycles. The first kappa shape index (κ1) is 14.2. The molecule has 0 saturated carbocycles. The molecule has 1 aromatic carbocycles. The molecule has 2 rings (SSSR count). The third-order valence-electron chi connectivity index (χ3n) is 3.10. The highest BCUT2D eigenvalue weighted by Crippen LogP contribution is 2.32. The van der Waals surface area contributed by atoms with Crippen LogP contribution in [0.25, 0.3) is 0 Å². The topological polar surface area (TPSA) is 84.9 Å². The molecule has 6 heteroatoms. The lowest BCUT2D eigenvalue weighted by Gasteiger charge is -2.11. The minimum Gasteiger partial charge on any atom is -0.481 e. The summed E-state index contributed by atoms with van der Waals surface area (Å²) < 4.78 is 10.4. The van der Waals surface area contributed by atoms with Gasteiger partial charge >= 0.3 is 5.97 Å². The Bertz CT molecular complexity index is 514. The van der Waals surface area contributed by atoms with Crippen LogP contribution in [0.15, 0.2) is 18.2 Å². The van der Waals surface area contributed by atoms with Gasteiger partial charge < -0.3 is 19.9 Å². The fourth-order valence-corrected chi connectivity index (χ4v) is 1.88. The van der Waals surface area contributed by atoms with Crippen molar-refractivity contribution in [3.8, 4) is 11.5 Å². The van der Waals surface area contributed by atoms with E-state index in [-0.39, 0.29) is 25.0 Å². The van der Waals surface area contributed by atoms with Gasteiger partial charge in [0, 0.05) is 18.5 Å². The van der Waals surface area contributed by atoms with Gasteiger partial charge in [0.05, 0.1) is 0 Å². The molecule has 0 aliphatic carbocycles. The number of hydrogen-bond donors (Lipinski definition) is 2. The molecule has 0 aromatic heterocycles. The maximum absolute atomic E-state index is 12.0. The van der Waals surface area contributed by atoms with Crippen LogP contribution < -0.4 is 14.8 Å². The number of aliphatic carboxylic acids is 1. The number of carbonyl (C=O) groups excluding carboxylic acids is 1. The number of carboxylic acids is 1. The molecule has 1 unspecified atom stereocenters. The summed E-state index contributed by atoms with van der Waals surface area (Å²) in [6, 6.07) is 5.01. The van der Waals surface area contributed by atoms with Gasteiger partial charge in [-0.2, -0.15) is 0 Å². The molecule has 0 radical (unpaired) electrons. The van der Waals surface area contributed by atoms with E-state index < -0.39 is 5.97 Å². The Morgan fingerprint density at radius 3 is 2.85 bits per heavy atom. The average Bonchev–Trinajstić information content (AvgIpc) is 2.89. The van der Waals surface area contributed by atoms with E-state index in [1.807, 2.05) is 6.92 Å². The first-order valence-electron chi connectivity index (χ1n) is 6.46. The minimum atomic E-state index is -0.820. The molecule has 1 aliphatic heterocycles. The van der Waals surface area contributed by atoms with Crippen LogP contribution in [-0.4, -0.2) is 30.3 Å². The maximum Gasteiger partial charge on any atom is 0.303 e. The Kier molecular flexibility index (Phi) is 4.45. The highest BCUT2D eigenvalue weighted by atomic mass is 16.7. The van der Waals surface area contributed by atoms with E-state index in [1.54, 1.807) is 18.2 Å². The van der Waals surface area contributed by atoms with Crippen molar-refractivity contribution in [2.45, 2.75) is 19.8 Å². The lowest BCUT2D eigenvalue weighted by molar-refractivity contribution is -0.137. The molecule has 0 fully saturated rings. The van der Waals surface area contributed by atoms with Crippen LogP contribution in [0.5, 0.6) is 11.5 Å². The summed E-state index contributed by atoms with van der Waals surface area (Å²) in [4.78, 5) is 22.4. The zero-order valence-corrected chi connectivity index (χ0v) is 11.2. The van der Waals surface area contributed by atoms with Gasteiger partial charge in [-0.1, -0.05) is 6.92 Å². The Labute approximate surface area is 116 Å². The molecule has 0 spiro atoms. The van der Waals surface area contributed by atoms with Crippen molar-refractivity contribution >= 4 is 11.9 Å². The van der Waals surface area contributed by atoms with E-state index in [0.29, 0.717) is 30.0 Å². The number of amides is 1. The second-order valence-electron chi connectivity index (χ2n) is 4.82. The monoisotopic (exact) mass is 279 g/mol. The van der Waals surface area contributed by atoms with Crippen molar-refractivity contribution in [2.75, 3.05) is 13.3 Å². The fraction of sp³-hybridized carbons (Fsp3) is 0.429. The number of fused-ring (bicyclic) bond motifs is 1. The van der Waals surface area contributed by atoms with Crippen molar-refractivity contribution < 1.29 is 24.2 Å². The summed E-state index contributed by atoms with van der Waals surface area (Å²) in [5, 5.41) is 11.4. The predicted octanol–water partition coefficient (Wildman–Crippen LogP) is 1.65. The van der Waals surface area contributed by atoms with Gasteiger partial charge in [-0.15, -0.1) is 0 Å². The fourth-order valence-electron chi connectivity index (χ4n) is 1.88. The van der Waals surface area contributed by atoms with E-state index in [2.05, 4.69) is 5.32 Å². The number of carboxylic acid groups (broad SMARTS) is 1. The number of ether oxygens (including phenoxy) is 2. The average molecular weight is 279 g/mol. The quantitative estimate of drug-likeness (QED) is 0.827. The lowest BCUT2D eigenvalue weighted by atomic mass is 10.1. The second kappa shape index (κ2) is 6.27. The molecule has 2 N–H and O–H groups in total. The number of rotatable bonds is 6. The van der Waals surface area contributed by atoms with Crippen molar-refractivity contribution in [3.63, 3.8) is 0 Å². The van der Waals surface area contributed by atoms with E-state index in [0.717, 1.165) is 0 Å². The smallest absolute Gasteiger partial charge is 0.303 e. The Morgan fingerprint density at radius 1 is 1.35 bits per heavy atom. The van der Waals surface area contributed by atoms with Gasteiger partial charge in [0.25, 0.3) is 5.91 Å². The van der Waals surface area contributed by atoms with Gasteiger partial charge in [0.1, 0.15) is 0 Å². The predicted molar refractivity (Wildman–Crippen MR) is 70.9 cm³/mol. The zero-order chi connectivity index (χ0) is 14.5. The molecule has 6 nitrogen and oxygen atoms in total. The standard InChI is InChI=1S/C14H17NO5/c1-9(2-5-13(16)17)7-15-14(18)10-3-4-11-12(6-10)20-8-19-11/h3-4,6,9H,2,5,7-8H2,1H3,(H,15,18)(H,16,17). The number of nitrogens with one attached hydrogen (secondary N) is 1. The van der Waals surface area contributed by atoms with Crippen LogP contribution in [0.2, 0.25) is 0 Å². The third kappa shape index (κ3) is 3.63. The van der Waals surface area contributed by atoms with E-state index in [1.165, 1.54) is 0 Å². The largest absolute Gasteiger partial charge is 0.481 e. The summed E-state index contributed by atoms with van der Waals surface area (Å²) in [6.45, 7) is 2.52. The highest BCUT2D eigenvalue weighted by molar-refractivity contribution is 5.94. The molecular formula is C14H17NO5. The summed E-state index contributed by atoms with van der Waals surface area (Å²) in [6.07, 6.45) is 0.651. The Hall–Kier alpha value is -2.24.